The van der Waals surface area contributed by atoms with E-state index >= 15 is 0 Å². The maximum atomic E-state index is 11.3. The van der Waals surface area contributed by atoms with Crippen molar-refractivity contribution in [1.82, 2.24) is 0 Å². The van der Waals surface area contributed by atoms with Gasteiger partial charge in [0.05, 0.1) is 6.42 Å². The maximum Gasteiger partial charge on any atom is 0.228 e. The average molecular weight is 334 g/mol. The summed E-state index contributed by atoms with van der Waals surface area (Å²) in [6, 6.07) is 14.5. The molecular formula is C15H12BrNOS. The largest absolute Gasteiger partial charge is 0.325 e. The van der Waals surface area contributed by atoms with Crippen LogP contribution in [0.3, 0.4) is 0 Å². The lowest BCUT2D eigenvalue weighted by Crippen LogP contribution is -2.03. The molecule has 1 N–H and O–H groups in total. The van der Waals surface area contributed by atoms with Crippen LogP contribution in [0.5, 0.6) is 0 Å². The minimum absolute atomic E-state index is 0.0872. The number of amides is 1. The Morgan fingerprint density at radius 1 is 1.21 bits per heavy atom. The van der Waals surface area contributed by atoms with Crippen molar-refractivity contribution in [2.75, 3.05) is 5.32 Å². The molecule has 1 aliphatic rings. The van der Waals surface area contributed by atoms with Crippen LogP contribution in [0, 0.1) is 0 Å². The molecule has 96 valence electrons. The van der Waals surface area contributed by atoms with Gasteiger partial charge in [-0.3, -0.25) is 4.79 Å². The third-order valence-electron chi connectivity index (χ3n) is 3.00. The van der Waals surface area contributed by atoms with Crippen LogP contribution < -0.4 is 5.32 Å². The van der Waals surface area contributed by atoms with Crippen molar-refractivity contribution in [2.24, 2.45) is 0 Å². The molecule has 0 radical (unpaired) electrons. The Balaban J connectivity index is 1.71. The third kappa shape index (κ3) is 3.01. The standard InChI is InChI=1S/C15H12BrNOS/c16-12-3-1-2-10(6-12)9-19-13-5-4-11-7-15(18)17-14(11)8-13/h1-6,8H,7,9H2,(H,17,18). The van der Waals surface area contributed by atoms with Crippen LogP contribution in [0.15, 0.2) is 51.8 Å². The first-order valence-corrected chi connectivity index (χ1v) is 7.78. The number of rotatable bonds is 3. The molecule has 0 spiro atoms. The van der Waals surface area contributed by atoms with E-state index < -0.39 is 0 Å². The molecule has 0 saturated heterocycles. The van der Waals surface area contributed by atoms with Gasteiger partial charge in [-0.05, 0) is 35.4 Å². The summed E-state index contributed by atoms with van der Waals surface area (Å²) in [5, 5.41) is 2.89. The molecule has 0 saturated carbocycles. The van der Waals surface area contributed by atoms with E-state index in [9.17, 15) is 4.79 Å². The van der Waals surface area contributed by atoms with Crippen molar-refractivity contribution in [3.05, 3.63) is 58.1 Å². The molecule has 0 aliphatic carbocycles. The van der Waals surface area contributed by atoms with E-state index in [-0.39, 0.29) is 5.91 Å². The molecule has 0 bridgehead atoms. The molecule has 0 atom stereocenters. The van der Waals surface area contributed by atoms with Gasteiger partial charge in [-0.1, -0.05) is 34.1 Å². The lowest BCUT2D eigenvalue weighted by atomic mass is 10.2. The van der Waals surface area contributed by atoms with Crippen molar-refractivity contribution < 1.29 is 4.79 Å². The maximum absolute atomic E-state index is 11.3. The molecule has 2 nitrogen and oxygen atoms in total. The van der Waals surface area contributed by atoms with Crippen molar-refractivity contribution in [3.8, 4) is 0 Å². The monoisotopic (exact) mass is 333 g/mol. The summed E-state index contributed by atoms with van der Waals surface area (Å²) in [6.07, 6.45) is 0.506. The van der Waals surface area contributed by atoms with E-state index in [1.165, 1.54) is 10.5 Å². The molecular weight excluding hydrogens is 322 g/mol. The van der Waals surface area contributed by atoms with Crippen LogP contribution in [0.2, 0.25) is 0 Å². The number of carbonyl (C=O) groups excluding carboxylic acids is 1. The normalized spacial score (nSPS) is 13.2. The highest BCUT2D eigenvalue weighted by molar-refractivity contribution is 9.10. The molecule has 1 amide bonds. The number of nitrogens with one attached hydrogen (secondary N) is 1. The summed E-state index contributed by atoms with van der Waals surface area (Å²) in [7, 11) is 0. The number of fused-ring (bicyclic) bond motifs is 1. The molecule has 1 aliphatic heterocycles. The molecule has 0 unspecified atom stereocenters. The van der Waals surface area contributed by atoms with Crippen molar-refractivity contribution in [3.63, 3.8) is 0 Å². The van der Waals surface area contributed by atoms with Crippen molar-refractivity contribution in [2.45, 2.75) is 17.1 Å². The third-order valence-corrected chi connectivity index (χ3v) is 4.56. The van der Waals surface area contributed by atoms with E-state index in [2.05, 4.69) is 45.5 Å². The van der Waals surface area contributed by atoms with E-state index in [1.807, 2.05) is 18.2 Å². The van der Waals surface area contributed by atoms with Gasteiger partial charge in [0, 0.05) is 20.8 Å². The van der Waals surface area contributed by atoms with Crippen molar-refractivity contribution in [1.29, 1.82) is 0 Å². The Morgan fingerprint density at radius 3 is 2.95 bits per heavy atom. The summed E-state index contributed by atoms with van der Waals surface area (Å²) >= 11 is 5.26. The van der Waals surface area contributed by atoms with Gasteiger partial charge >= 0.3 is 0 Å². The Kier molecular flexibility index (Phi) is 3.62. The fraction of sp³-hybridized carbons (Fsp3) is 0.133. The van der Waals surface area contributed by atoms with Crippen molar-refractivity contribution >= 4 is 39.3 Å². The smallest absolute Gasteiger partial charge is 0.228 e. The zero-order valence-corrected chi connectivity index (χ0v) is 12.6. The minimum Gasteiger partial charge on any atom is -0.325 e. The first kappa shape index (κ1) is 12.8. The van der Waals surface area contributed by atoms with Crippen LogP contribution in [-0.4, -0.2) is 5.91 Å². The number of hydrogen-bond acceptors (Lipinski definition) is 2. The summed E-state index contributed by atoms with van der Waals surface area (Å²) in [6.45, 7) is 0. The quantitative estimate of drug-likeness (QED) is 0.851. The number of benzene rings is 2. The van der Waals surface area contributed by atoms with E-state index in [4.69, 9.17) is 0 Å². The summed E-state index contributed by atoms with van der Waals surface area (Å²) in [5.74, 6) is 1.01. The molecule has 4 heteroatoms. The van der Waals surface area contributed by atoms with Gasteiger partial charge in [0.25, 0.3) is 0 Å². The second-order valence-corrected chi connectivity index (χ2v) is 6.43. The van der Waals surface area contributed by atoms with Gasteiger partial charge in [0.15, 0.2) is 0 Å². The summed E-state index contributed by atoms with van der Waals surface area (Å²) < 4.78 is 1.10. The molecule has 3 rings (SSSR count). The van der Waals surface area contributed by atoms with Crippen LogP contribution in [-0.2, 0) is 17.0 Å². The van der Waals surface area contributed by atoms with Gasteiger partial charge in [-0.25, -0.2) is 0 Å². The molecule has 0 fully saturated rings. The number of thioether (sulfide) groups is 1. The van der Waals surface area contributed by atoms with Gasteiger partial charge in [0.1, 0.15) is 0 Å². The van der Waals surface area contributed by atoms with Crippen LogP contribution in [0.4, 0.5) is 5.69 Å². The second-order valence-electron chi connectivity index (χ2n) is 4.46. The highest BCUT2D eigenvalue weighted by Gasteiger charge is 2.17. The van der Waals surface area contributed by atoms with Gasteiger partial charge < -0.3 is 5.32 Å². The number of anilines is 1. The topological polar surface area (TPSA) is 29.1 Å². The SMILES string of the molecule is O=C1Cc2ccc(SCc3cccc(Br)c3)cc2N1. The Bertz CT molecular complexity index is 642. The number of hydrogen-bond donors (Lipinski definition) is 1. The predicted molar refractivity (Wildman–Crippen MR) is 82.5 cm³/mol. The van der Waals surface area contributed by atoms with Crippen LogP contribution in [0.1, 0.15) is 11.1 Å². The first-order chi connectivity index (χ1) is 9.20. The Hall–Kier alpha value is -1.26. The fourth-order valence-corrected chi connectivity index (χ4v) is 3.40. The summed E-state index contributed by atoms with van der Waals surface area (Å²) in [5.41, 5.74) is 3.34. The molecule has 2 aromatic carbocycles. The zero-order chi connectivity index (χ0) is 13.2. The minimum atomic E-state index is 0.0872. The highest BCUT2D eigenvalue weighted by atomic mass is 79.9. The Labute approximate surface area is 124 Å². The highest BCUT2D eigenvalue weighted by Crippen LogP contribution is 2.30. The zero-order valence-electron chi connectivity index (χ0n) is 10.2. The number of halogens is 1. The average Bonchev–Trinajstić information content (AvgIpc) is 2.75. The van der Waals surface area contributed by atoms with Gasteiger partial charge in [0.2, 0.25) is 5.91 Å². The Morgan fingerprint density at radius 2 is 2.11 bits per heavy atom. The lowest BCUT2D eigenvalue weighted by molar-refractivity contribution is -0.115. The van der Waals surface area contributed by atoms with Gasteiger partial charge in [-0.2, -0.15) is 0 Å². The van der Waals surface area contributed by atoms with Gasteiger partial charge in [-0.15, -0.1) is 11.8 Å². The molecule has 1 heterocycles. The van der Waals surface area contributed by atoms with Crippen LogP contribution >= 0.6 is 27.7 Å². The fourth-order valence-electron chi connectivity index (χ4n) is 2.08. The molecule has 0 aromatic heterocycles. The summed E-state index contributed by atoms with van der Waals surface area (Å²) in [4.78, 5) is 12.5. The van der Waals surface area contributed by atoms with Crippen LogP contribution in [0.25, 0.3) is 0 Å². The lowest BCUT2D eigenvalue weighted by Gasteiger charge is -2.05. The second kappa shape index (κ2) is 5.39. The predicted octanol–water partition coefficient (Wildman–Crippen LogP) is 4.24. The van der Waals surface area contributed by atoms with E-state index in [0.29, 0.717) is 6.42 Å². The number of carbonyl (C=O) groups is 1. The van der Waals surface area contributed by atoms with E-state index in [0.717, 1.165) is 21.5 Å². The molecule has 2 aromatic rings. The first-order valence-electron chi connectivity index (χ1n) is 6.01. The molecule has 19 heavy (non-hydrogen) atoms. The van der Waals surface area contributed by atoms with E-state index in [1.54, 1.807) is 11.8 Å².